The average Bonchev–Trinajstić information content (AvgIpc) is 2.57. The van der Waals surface area contributed by atoms with Crippen molar-refractivity contribution < 1.29 is 60.2 Å². The smallest absolute Gasteiger partial charge is 0.335 e. The number of carboxylic acid groups (broad SMARTS) is 1. The van der Waals surface area contributed by atoms with Crippen LogP contribution in [0.15, 0.2) is 0 Å². The van der Waals surface area contributed by atoms with E-state index in [2.05, 4.69) is 0 Å². The van der Waals surface area contributed by atoms with Gasteiger partial charge >= 0.3 is 5.97 Å². The molecule has 1 saturated heterocycles. The molecule has 1 heterocycles. The van der Waals surface area contributed by atoms with E-state index in [1.165, 1.54) is 0 Å². The van der Waals surface area contributed by atoms with E-state index in [0.717, 1.165) is 6.92 Å². The fraction of sp³-hybridized carbons (Fsp3) is 0.923. The molecule has 1 aliphatic heterocycles. The maximum atomic E-state index is 10.8. The van der Waals surface area contributed by atoms with Crippen LogP contribution in [-0.2, 0) is 14.3 Å². The maximum absolute atomic E-state index is 10.8. The predicted octanol–water partition coefficient (Wildman–Crippen LogP) is -5.28. The molecular weight excluding hydrogens is 348 g/mol. The molecule has 0 radical (unpaired) electrons. The Morgan fingerprint density at radius 2 is 1.60 bits per heavy atom. The minimum absolute atomic E-state index is 0.769. The molecule has 0 aliphatic carbocycles. The minimum Gasteiger partial charge on any atom is -0.479 e. The number of carbonyl (C=O) groups is 1. The topological polar surface area (TPSA) is 218 Å². The second kappa shape index (κ2) is 9.14. The van der Waals surface area contributed by atoms with Gasteiger partial charge in [-0.15, -0.1) is 0 Å². The van der Waals surface area contributed by atoms with Gasteiger partial charge in [0.05, 0.1) is 12.7 Å². The molecule has 10 atom stereocenters. The molecule has 0 saturated carbocycles. The summed E-state index contributed by atoms with van der Waals surface area (Å²) in [4.78, 5) is 10.8. The Kier molecular flexibility index (Phi) is 8.08. The molecule has 0 unspecified atom stereocenters. The Bertz CT molecular complexity index is 429. The summed E-state index contributed by atoms with van der Waals surface area (Å²) in [5.41, 5.74) is 0. The third-order valence-electron chi connectivity index (χ3n) is 3.88. The number of aliphatic hydroxyl groups is 8. The highest BCUT2D eigenvalue weighted by Gasteiger charge is 2.47. The highest BCUT2D eigenvalue weighted by atomic mass is 16.7. The predicted molar refractivity (Wildman–Crippen MR) is 76.0 cm³/mol. The minimum atomic E-state index is -2.40. The van der Waals surface area contributed by atoms with Crippen LogP contribution in [-0.4, -0.2) is 120 Å². The van der Waals surface area contributed by atoms with Gasteiger partial charge < -0.3 is 55.4 Å². The zero-order chi connectivity index (χ0) is 19.5. The van der Waals surface area contributed by atoms with E-state index in [9.17, 15) is 40.5 Å². The standard InChI is InChI=1S/C13H24O12/c1-3(15)5(16)11(8(19)9(20)12(22)23)25-13-10(21)7(18)6(17)4(2-14)24-13/h3-11,13-21H,2H2,1H3,(H,22,23)/t3-,4-,5-,6+,7+,8-,9-,10-,11-,13+/m1/s1. The summed E-state index contributed by atoms with van der Waals surface area (Å²) in [7, 11) is 0. The monoisotopic (exact) mass is 372 g/mol. The first-order valence-electron chi connectivity index (χ1n) is 7.44. The van der Waals surface area contributed by atoms with E-state index in [0.29, 0.717) is 0 Å². The van der Waals surface area contributed by atoms with Crippen molar-refractivity contribution in [3.05, 3.63) is 0 Å². The van der Waals surface area contributed by atoms with Crippen LogP contribution in [0.25, 0.3) is 0 Å². The van der Waals surface area contributed by atoms with Crippen LogP contribution in [0.1, 0.15) is 6.92 Å². The van der Waals surface area contributed by atoms with E-state index in [1.54, 1.807) is 0 Å². The van der Waals surface area contributed by atoms with Crippen LogP contribution >= 0.6 is 0 Å². The van der Waals surface area contributed by atoms with Gasteiger partial charge in [-0.1, -0.05) is 0 Å². The molecule has 0 spiro atoms. The van der Waals surface area contributed by atoms with Crippen LogP contribution in [0.4, 0.5) is 0 Å². The van der Waals surface area contributed by atoms with Crippen LogP contribution in [0, 0.1) is 0 Å². The van der Waals surface area contributed by atoms with Crippen LogP contribution in [0.5, 0.6) is 0 Å². The molecule has 12 nitrogen and oxygen atoms in total. The fourth-order valence-corrected chi connectivity index (χ4v) is 2.30. The van der Waals surface area contributed by atoms with Gasteiger partial charge in [0.2, 0.25) is 0 Å². The molecule has 1 fully saturated rings. The van der Waals surface area contributed by atoms with Crippen molar-refractivity contribution in [3.63, 3.8) is 0 Å². The highest BCUT2D eigenvalue weighted by Crippen LogP contribution is 2.25. The number of ether oxygens (including phenoxy) is 2. The maximum Gasteiger partial charge on any atom is 0.335 e. The van der Waals surface area contributed by atoms with Gasteiger partial charge in [0.25, 0.3) is 0 Å². The van der Waals surface area contributed by atoms with Crippen LogP contribution < -0.4 is 0 Å². The average molecular weight is 372 g/mol. The Morgan fingerprint density at radius 1 is 1.04 bits per heavy atom. The molecule has 0 aromatic rings. The lowest BCUT2D eigenvalue weighted by Crippen LogP contribution is -2.62. The molecule has 12 heteroatoms. The van der Waals surface area contributed by atoms with Gasteiger partial charge in [0.15, 0.2) is 12.4 Å². The van der Waals surface area contributed by atoms with E-state index >= 15 is 0 Å². The SMILES string of the molecule is C[C@@H](O)[C@@H](O)[C@@H](O[C@@H]1O[C@H](CO)[C@H](O)[C@H](O)[C@H]1O)[C@H](O)[C@@H](O)C(=O)O. The van der Waals surface area contributed by atoms with Crippen molar-refractivity contribution in [1.29, 1.82) is 0 Å². The molecular formula is C13H24O12. The quantitative estimate of drug-likeness (QED) is 0.195. The van der Waals surface area contributed by atoms with Crippen LogP contribution in [0.3, 0.4) is 0 Å². The Hall–Kier alpha value is -0.930. The van der Waals surface area contributed by atoms with Crippen molar-refractivity contribution in [1.82, 2.24) is 0 Å². The van der Waals surface area contributed by atoms with E-state index in [1.807, 2.05) is 0 Å². The summed E-state index contributed by atoms with van der Waals surface area (Å²) in [6.07, 6.45) is -18.6. The van der Waals surface area contributed by atoms with Gasteiger partial charge in [-0.25, -0.2) is 4.79 Å². The molecule has 148 valence electrons. The first-order valence-corrected chi connectivity index (χ1v) is 7.44. The molecule has 25 heavy (non-hydrogen) atoms. The zero-order valence-corrected chi connectivity index (χ0v) is 13.2. The van der Waals surface area contributed by atoms with Gasteiger partial charge in [-0.3, -0.25) is 0 Å². The van der Waals surface area contributed by atoms with Crippen molar-refractivity contribution in [2.24, 2.45) is 0 Å². The summed E-state index contributed by atoms with van der Waals surface area (Å²) >= 11 is 0. The lowest BCUT2D eigenvalue weighted by molar-refractivity contribution is -0.328. The number of aliphatic carboxylic acids is 1. The van der Waals surface area contributed by atoms with Crippen molar-refractivity contribution >= 4 is 5.97 Å². The fourth-order valence-electron chi connectivity index (χ4n) is 2.30. The summed E-state index contributed by atoms with van der Waals surface area (Å²) in [5.74, 6) is -1.84. The first-order chi connectivity index (χ1) is 11.5. The van der Waals surface area contributed by atoms with E-state index in [4.69, 9.17) is 19.7 Å². The zero-order valence-electron chi connectivity index (χ0n) is 13.2. The molecule has 0 bridgehead atoms. The molecule has 1 aliphatic rings. The van der Waals surface area contributed by atoms with Crippen molar-refractivity contribution in [2.75, 3.05) is 6.61 Å². The van der Waals surface area contributed by atoms with Crippen molar-refractivity contribution in [3.8, 4) is 0 Å². The van der Waals surface area contributed by atoms with Crippen molar-refractivity contribution in [2.45, 2.75) is 68.1 Å². The lowest BCUT2D eigenvalue weighted by atomic mass is 9.97. The van der Waals surface area contributed by atoms with Gasteiger partial charge in [-0.2, -0.15) is 0 Å². The summed E-state index contributed by atoms with van der Waals surface area (Å²) in [5, 5.41) is 85.7. The molecule has 1 rings (SSSR count). The van der Waals surface area contributed by atoms with Crippen LogP contribution in [0.2, 0.25) is 0 Å². The number of hydrogen-bond acceptors (Lipinski definition) is 11. The van der Waals surface area contributed by atoms with Gasteiger partial charge in [-0.05, 0) is 6.92 Å². The summed E-state index contributed by atoms with van der Waals surface area (Å²) in [6, 6.07) is 0. The second-order valence-electron chi connectivity index (χ2n) is 5.80. The lowest BCUT2D eigenvalue weighted by Gasteiger charge is -2.42. The normalized spacial score (nSPS) is 36.3. The molecule has 0 aromatic carbocycles. The van der Waals surface area contributed by atoms with Gasteiger partial charge in [0, 0.05) is 0 Å². The van der Waals surface area contributed by atoms with Gasteiger partial charge in [0.1, 0.15) is 42.7 Å². The summed E-state index contributed by atoms with van der Waals surface area (Å²) < 4.78 is 10.1. The summed E-state index contributed by atoms with van der Waals surface area (Å²) in [6.45, 7) is 0.322. The third-order valence-corrected chi connectivity index (χ3v) is 3.88. The number of aliphatic hydroxyl groups excluding tert-OH is 8. The molecule has 0 aromatic heterocycles. The molecule has 9 N–H and O–H groups in total. The Morgan fingerprint density at radius 3 is 2.04 bits per heavy atom. The first kappa shape index (κ1) is 22.1. The Balaban J connectivity index is 3.01. The Labute approximate surface area is 142 Å². The molecule has 0 amide bonds. The second-order valence-corrected chi connectivity index (χ2v) is 5.80. The third kappa shape index (κ3) is 5.04. The highest BCUT2D eigenvalue weighted by molar-refractivity contribution is 5.72. The largest absolute Gasteiger partial charge is 0.479 e. The number of hydrogen-bond donors (Lipinski definition) is 9. The van der Waals surface area contributed by atoms with E-state index in [-0.39, 0.29) is 0 Å². The van der Waals surface area contributed by atoms with E-state index < -0.39 is 73.8 Å². The number of carboxylic acids is 1. The number of rotatable bonds is 8.